The number of β-amino-alcohol motifs (C(OH)–C–C–N with tert-alkyl or cyclic N) is 1. The molecular weight excluding hydrogens is 264 g/mol. The van der Waals surface area contributed by atoms with Crippen LogP contribution >= 0.6 is 0 Å². The maximum Gasteiger partial charge on any atom is 0.0694 e. The molecule has 1 aliphatic carbocycles. The van der Waals surface area contributed by atoms with E-state index in [0.717, 1.165) is 38.9 Å². The molecule has 2 fully saturated rings. The Kier molecular flexibility index (Phi) is 4.60. The third-order valence-electron chi connectivity index (χ3n) is 4.88. The van der Waals surface area contributed by atoms with Gasteiger partial charge in [-0.2, -0.15) is 0 Å². The summed E-state index contributed by atoms with van der Waals surface area (Å²) in [5.74, 6) is 0. The maximum absolute atomic E-state index is 10.3. The van der Waals surface area contributed by atoms with Crippen LogP contribution in [0.1, 0.15) is 37.3 Å². The van der Waals surface area contributed by atoms with Crippen molar-refractivity contribution in [1.82, 2.24) is 10.2 Å². The first-order valence-corrected chi connectivity index (χ1v) is 8.06. The van der Waals surface area contributed by atoms with E-state index in [1.54, 1.807) is 0 Å². The van der Waals surface area contributed by atoms with Crippen LogP contribution < -0.4 is 5.32 Å². The molecule has 0 amide bonds. The summed E-state index contributed by atoms with van der Waals surface area (Å²) >= 11 is 0. The molecule has 0 bridgehead atoms. The molecule has 1 aromatic rings. The lowest BCUT2D eigenvalue weighted by molar-refractivity contribution is -0.0754. The highest BCUT2D eigenvalue weighted by Crippen LogP contribution is 2.36. The van der Waals surface area contributed by atoms with E-state index < -0.39 is 11.7 Å². The standard InChI is InChI=1S/C17H26N2O2/c20-15(11-17(21)7-4-8-17)13-19-10-9-18-12-16(19)14-5-2-1-3-6-14/h1-3,5-6,15-16,18,20-21H,4,7-13H2. The summed E-state index contributed by atoms with van der Waals surface area (Å²) in [6.07, 6.45) is 2.84. The van der Waals surface area contributed by atoms with Gasteiger partial charge in [0.1, 0.15) is 0 Å². The maximum atomic E-state index is 10.3. The quantitative estimate of drug-likeness (QED) is 0.765. The van der Waals surface area contributed by atoms with Gasteiger partial charge in [0.25, 0.3) is 0 Å². The summed E-state index contributed by atoms with van der Waals surface area (Å²) in [6, 6.07) is 10.8. The zero-order valence-corrected chi connectivity index (χ0v) is 12.5. The molecule has 116 valence electrons. The Labute approximate surface area is 126 Å². The summed E-state index contributed by atoms with van der Waals surface area (Å²) in [7, 11) is 0. The van der Waals surface area contributed by atoms with E-state index in [9.17, 15) is 10.2 Å². The molecule has 4 heteroatoms. The number of nitrogens with one attached hydrogen (secondary N) is 1. The van der Waals surface area contributed by atoms with E-state index >= 15 is 0 Å². The molecule has 0 aromatic heterocycles. The SMILES string of the molecule is OC(CN1CCNCC1c1ccccc1)CC1(O)CCC1. The molecule has 2 atom stereocenters. The molecule has 1 saturated heterocycles. The van der Waals surface area contributed by atoms with E-state index in [2.05, 4.69) is 34.5 Å². The molecule has 1 saturated carbocycles. The van der Waals surface area contributed by atoms with Gasteiger partial charge in [-0.15, -0.1) is 0 Å². The van der Waals surface area contributed by atoms with Crippen molar-refractivity contribution in [3.8, 4) is 0 Å². The Balaban J connectivity index is 1.61. The average Bonchev–Trinajstić information content (AvgIpc) is 2.47. The Morgan fingerprint density at radius 3 is 2.71 bits per heavy atom. The number of hydrogen-bond acceptors (Lipinski definition) is 4. The summed E-state index contributed by atoms with van der Waals surface area (Å²) in [4.78, 5) is 2.35. The van der Waals surface area contributed by atoms with Gasteiger partial charge >= 0.3 is 0 Å². The molecular formula is C17H26N2O2. The highest BCUT2D eigenvalue weighted by atomic mass is 16.3. The summed E-state index contributed by atoms with van der Waals surface area (Å²) in [5, 5.41) is 24.0. The number of aliphatic hydroxyl groups is 2. The number of hydrogen-bond donors (Lipinski definition) is 3. The monoisotopic (exact) mass is 290 g/mol. The summed E-state index contributed by atoms with van der Waals surface area (Å²) < 4.78 is 0. The molecule has 2 aliphatic rings. The van der Waals surface area contributed by atoms with E-state index in [4.69, 9.17) is 0 Å². The summed E-state index contributed by atoms with van der Waals surface area (Å²) in [5.41, 5.74) is 0.689. The third-order valence-corrected chi connectivity index (χ3v) is 4.88. The lowest BCUT2D eigenvalue weighted by atomic mass is 9.76. The molecule has 1 heterocycles. The van der Waals surface area contributed by atoms with Crippen LogP contribution in [-0.4, -0.2) is 53.0 Å². The lowest BCUT2D eigenvalue weighted by Crippen LogP contribution is -2.50. The first-order chi connectivity index (χ1) is 10.2. The van der Waals surface area contributed by atoms with Gasteiger partial charge < -0.3 is 15.5 Å². The lowest BCUT2D eigenvalue weighted by Gasteiger charge is -2.41. The normalized spacial score (nSPS) is 27.0. The molecule has 0 spiro atoms. The molecule has 2 unspecified atom stereocenters. The van der Waals surface area contributed by atoms with Crippen molar-refractivity contribution in [1.29, 1.82) is 0 Å². The average molecular weight is 290 g/mol. The van der Waals surface area contributed by atoms with Crippen LogP contribution in [-0.2, 0) is 0 Å². The molecule has 21 heavy (non-hydrogen) atoms. The first-order valence-electron chi connectivity index (χ1n) is 8.06. The van der Waals surface area contributed by atoms with Crippen molar-refractivity contribution < 1.29 is 10.2 Å². The number of piperazine rings is 1. The zero-order chi connectivity index (χ0) is 14.7. The second-order valence-corrected chi connectivity index (χ2v) is 6.56. The van der Waals surface area contributed by atoms with E-state index in [1.807, 2.05) is 6.07 Å². The van der Waals surface area contributed by atoms with Crippen LogP contribution in [0.5, 0.6) is 0 Å². The minimum atomic E-state index is -0.601. The van der Waals surface area contributed by atoms with Gasteiger partial charge in [-0.3, -0.25) is 4.90 Å². The molecule has 4 nitrogen and oxygen atoms in total. The minimum absolute atomic E-state index is 0.311. The van der Waals surface area contributed by atoms with Crippen LogP contribution in [0.25, 0.3) is 0 Å². The van der Waals surface area contributed by atoms with Crippen molar-refractivity contribution in [3.63, 3.8) is 0 Å². The Bertz CT molecular complexity index is 447. The van der Waals surface area contributed by atoms with Crippen LogP contribution in [0, 0.1) is 0 Å². The first kappa shape index (κ1) is 15.0. The third kappa shape index (κ3) is 3.64. The van der Waals surface area contributed by atoms with Gasteiger partial charge in [-0.1, -0.05) is 30.3 Å². The zero-order valence-electron chi connectivity index (χ0n) is 12.5. The van der Waals surface area contributed by atoms with Crippen molar-refractivity contribution >= 4 is 0 Å². The van der Waals surface area contributed by atoms with Gasteiger partial charge in [0.05, 0.1) is 11.7 Å². The van der Waals surface area contributed by atoms with Crippen molar-refractivity contribution in [2.24, 2.45) is 0 Å². The van der Waals surface area contributed by atoms with Crippen LogP contribution in [0.3, 0.4) is 0 Å². The van der Waals surface area contributed by atoms with E-state index in [0.29, 0.717) is 19.0 Å². The van der Waals surface area contributed by atoms with Crippen LogP contribution in [0.4, 0.5) is 0 Å². The molecule has 0 radical (unpaired) electrons. The number of aliphatic hydroxyl groups excluding tert-OH is 1. The van der Waals surface area contributed by atoms with E-state index in [-0.39, 0.29) is 0 Å². The topological polar surface area (TPSA) is 55.7 Å². The van der Waals surface area contributed by atoms with Crippen molar-refractivity contribution in [3.05, 3.63) is 35.9 Å². The fraction of sp³-hybridized carbons (Fsp3) is 0.647. The van der Waals surface area contributed by atoms with Gasteiger partial charge in [-0.05, 0) is 24.8 Å². The Morgan fingerprint density at radius 2 is 2.05 bits per heavy atom. The molecule has 3 N–H and O–H groups in total. The predicted molar refractivity (Wildman–Crippen MR) is 83.1 cm³/mol. The fourth-order valence-electron chi connectivity index (χ4n) is 3.53. The molecule has 3 rings (SSSR count). The number of benzene rings is 1. The highest BCUT2D eigenvalue weighted by Gasteiger charge is 2.37. The molecule has 1 aromatic carbocycles. The number of nitrogens with zero attached hydrogens (tertiary/aromatic N) is 1. The second-order valence-electron chi connectivity index (χ2n) is 6.56. The Morgan fingerprint density at radius 1 is 1.29 bits per heavy atom. The number of rotatable bonds is 5. The predicted octanol–water partition coefficient (Wildman–Crippen LogP) is 1.30. The van der Waals surface area contributed by atoms with Gasteiger partial charge in [0.2, 0.25) is 0 Å². The smallest absolute Gasteiger partial charge is 0.0694 e. The van der Waals surface area contributed by atoms with Crippen LogP contribution in [0.15, 0.2) is 30.3 Å². The second kappa shape index (κ2) is 6.44. The highest BCUT2D eigenvalue weighted by molar-refractivity contribution is 5.20. The van der Waals surface area contributed by atoms with Gasteiger partial charge in [0, 0.05) is 38.6 Å². The molecule has 1 aliphatic heterocycles. The van der Waals surface area contributed by atoms with Crippen molar-refractivity contribution in [2.75, 3.05) is 26.2 Å². The Hall–Kier alpha value is -0.940. The van der Waals surface area contributed by atoms with E-state index in [1.165, 1.54) is 5.56 Å². The largest absolute Gasteiger partial charge is 0.392 e. The van der Waals surface area contributed by atoms with Gasteiger partial charge in [-0.25, -0.2) is 0 Å². The van der Waals surface area contributed by atoms with Crippen LogP contribution in [0.2, 0.25) is 0 Å². The fourth-order valence-corrected chi connectivity index (χ4v) is 3.53. The summed E-state index contributed by atoms with van der Waals surface area (Å²) in [6.45, 7) is 3.46. The van der Waals surface area contributed by atoms with Crippen molar-refractivity contribution in [2.45, 2.75) is 43.4 Å². The van der Waals surface area contributed by atoms with Gasteiger partial charge in [0.15, 0.2) is 0 Å². The minimum Gasteiger partial charge on any atom is -0.392 e.